The van der Waals surface area contributed by atoms with Gasteiger partial charge in [-0.1, -0.05) is 6.92 Å². The number of nitrogens with zero attached hydrogens (tertiary/aromatic N) is 2. The summed E-state index contributed by atoms with van der Waals surface area (Å²) in [7, 11) is 1.66. The van der Waals surface area contributed by atoms with Crippen molar-refractivity contribution in [1.82, 2.24) is 15.6 Å². The Morgan fingerprint density at radius 3 is 2.62 bits per heavy atom. The van der Waals surface area contributed by atoms with Crippen LogP contribution in [-0.2, 0) is 4.74 Å². The number of ether oxygens (including phenoxy) is 2. The van der Waals surface area contributed by atoms with Crippen LogP contribution >= 0.6 is 12.2 Å². The van der Waals surface area contributed by atoms with Crippen LogP contribution in [0, 0.1) is 0 Å². The Labute approximate surface area is 149 Å². The van der Waals surface area contributed by atoms with Crippen molar-refractivity contribution in [2.75, 3.05) is 46.5 Å². The molecule has 2 rings (SSSR count). The van der Waals surface area contributed by atoms with Gasteiger partial charge in [0, 0.05) is 26.2 Å². The number of hydrogen-bond acceptors (Lipinski definition) is 5. The molecule has 1 aliphatic heterocycles. The molecule has 1 heterocycles. The molecule has 0 radical (unpaired) electrons. The van der Waals surface area contributed by atoms with Gasteiger partial charge in [-0.05, 0) is 48.5 Å². The average molecular weight is 350 g/mol. The van der Waals surface area contributed by atoms with Crippen molar-refractivity contribution in [2.24, 2.45) is 5.10 Å². The highest BCUT2D eigenvalue weighted by molar-refractivity contribution is 7.80. The lowest BCUT2D eigenvalue weighted by Crippen LogP contribution is -2.43. The smallest absolute Gasteiger partial charge is 0.187 e. The van der Waals surface area contributed by atoms with Crippen LogP contribution in [0.25, 0.3) is 0 Å². The molecular formula is C17H26N4O2S. The Kier molecular flexibility index (Phi) is 7.94. The number of nitrogens with one attached hydrogen (secondary N) is 2. The minimum Gasteiger partial charge on any atom is -0.497 e. The summed E-state index contributed by atoms with van der Waals surface area (Å²) in [6.07, 6.45) is 0.815. The number of hydrazone groups is 1. The molecule has 1 saturated heterocycles. The van der Waals surface area contributed by atoms with Crippen molar-refractivity contribution in [1.29, 1.82) is 0 Å². The summed E-state index contributed by atoms with van der Waals surface area (Å²) in [5.41, 5.74) is 4.94. The quantitative estimate of drug-likeness (QED) is 0.443. The van der Waals surface area contributed by atoms with Crippen LogP contribution in [0.2, 0.25) is 0 Å². The normalized spacial score (nSPS) is 15.8. The molecule has 1 aromatic rings. The van der Waals surface area contributed by atoms with Crippen molar-refractivity contribution < 1.29 is 9.47 Å². The number of thiocarbonyl (C=S) groups is 1. The van der Waals surface area contributed by atoms with Crippen molar-refractivity contribution in [3.05, 3.63) is 29.8 Å². The van der Waals surface area contributed by atoms with Crippen LogP contribution in [0.1, 0.15) is 18.9 Å². The molecule has 0 aliphatic carbocycles. The lowest BCUT2D eigenvalue weighted by molar-refractivity contribution is 0.0389. The first-order chi connectivity index (χ1) is 11.7. The lowest BCUT2D eigenvalue weighted by Gasteiger charge is -2.26. The minimum absolute atomic E-state index is 0.544. The molecule has 6 nitrogen and oxygen atoms in total. The second-order valence-corrected chi connectivity index (χ2v) is 5.87. The monoisotopic (exact) mass is 350 g/mol. The number of hydrogen-bond donors (Lipinski definition) is 2. The van der Waals surface area contributed by atoms with Gasteiger partial charge in [0.25, 0.3) is 0 Å². The van der Waals surface area contributed by atoms with Crippen LogP contribution in [0.5, 0.6) is 5.75 Å². The maximum absolute atomic E-state index is 5.34. The predicted octanol–water partition coefficient (Wildman–Crippen LogP) is 1.61. The molecule has 0 atom stereocenters. The van der Waals surface area contributed by atoms with Crippen LogP contribution in [0.3, 0.4) is 0 Å². The molecule has 0 saturated carbocycles. The maximum Gasteiger partial charge on any atom is 0.187 e. The summed E-state index contributed by atoms with van der Waals surface area (Å²) in [4.78, 5) is 2.36. The highest BCUT2D eigenvalue weighted by atomic mass is 32.1. The first-order valence-electron chi connectivity index (χ1n) is 8.28. The summed E-state index contributed by atoms with van der Waals surface area (Å²) >= 11 is 5.28. The van der Waals surface area contributed by atoms with Gasteiger partial charge in [-0.25, -0.2) is 0 Å². The SMILES string of the molecule is CC/C(=N/NC(=S)NCCN1CCOCC1)c1ccc(OC)cc1. The maximum atomic E-state index is 5.34. The van der Waals surface area contributed by atoms with Gasteiger partial charge in [0.1, 0.15) is 5.75 Å². The summed E-state index contributed by atoms with van der Waals surface area (Å²) in [6.45, 7) is 7.41. The van der Waals surface area contributed by atoms with Gasteiger partial charge < -0.3 is 14.8 Å². The predicted molar refractivity (Wildman–Crippen MR) is 101 cm³/mol. The second kappa shape index (κ2) is 10.2. The first kappa shape index (κ1) is 18.6. The molecule has 132 valence electrons. The van der Waals surface area contributed by atoms with E-state index in [1.165, 1.54) is 0 Å². The van der Waals surface area contributed by atoms with Crippen LogP contribution in [0.15, 0.2) is 29.4 Å². The van der Waals surface area contributed by atoms with E-state index in [0.717, 1.165) is 62.8 Å². The lowest BCUT2D eigenvalue weighted by atomic mass is 10.1. The molecule has 1 aliphatic rings. The summed E-state index contributed by atoms with van der Waals surface area (Å²) < 4.78 is 10.5. The zero-order valence-electron chi connectivity index (χ0n) is 14.4. The Morgan fingerprint density at radius 1 is 1.29 bits per heavy atom. The number of morpholine rings is 1. The third-order valence-corrected chi connectivity index (χ3v) is 4.10. The van der Waals surface area contributed by atoms with Crippen molar-refractivity contribution in [3.8, 4) is 5.75 Å². The van der Waals surface area contributed by atoms with Crippen molar-refractivity contribution >= 4 is 23.0 Å². The van der Waals surface area contributed by atoms with Crippen LogP contribution in [0.4, 0.5) is 0 Å². The minimum atomic E-state index is 0.544. The molecule has 0 amide bonds. The highest BCUT2D eigenvalue weighted by Gasteiger charge is 2.09. The van der Waals surface area contributed by atoms with E-state index in [0.29, 0.717) is 5.11 Å². The molecule has 0 spiro atoms. The Balaban J connectivity index is 1.77. The molecule has 7 heteroatoms. The topological polar surface area (TPSA) is 58.1 Å². The van der Waals surface area contributed by atoms with Gasteiger partial charge in [-0.3, -0.25) is 10.3 Å². The first-order valence-corrected chi connectivity index (χ1v) is 8.68. The number of methoxy groups -OCH3 is 1. The standard InChI is InChI=1S/C17H26N4O2S/c1-3-16(14-4-6-15(22-2)7-5-14)19-20-17(24)18-8-9-21-10-12-23-13-11-21/h4-7H,3,8-13H2,1-2H3,(H2,18,20,24)/b19-16-. The van der Waals surface area contributed by atoms with Crippen molar-refractivity contribution in [3.63, 3.8) is 0 Å². The van der Waals surface area contributed by atoms with E-state index in [9.17, 15) is 0 Å². The Morgan fingerprint density at radius 2 is 2.00 bits per heavy atom. The van der Waals surface area contributed by atoms with E-state index in [-0.39, 0.29) is 0 Å². The van der Waals surface area contributed by atoms with E-state index in [1.54, 1.807) is 7.11 Å². The fourth-order valence-electron chi connectivity index (χ4n) is 2.44. The van der Waals surface area contributed by atoms with Gasteiger partial charge in [0.2, 0.25) is 0 Å². The Hall–Kier alpha value is -1.70. The zero-order valence-corrected chi connectivity index (χ0v) is 15.2. The van der Waals surface area contributed by atoms with Gasteiger partial charge in [-0.2, -0.15) is 5.10 Å². The van der Waals surface area contributed by atoms with Gasteiger partial charge in [-0.15, -0.1) is 0 Å². The van der Waals surface area contributed by atoms with Gasteiger partial charge >= 0.3 is 0 Å². The van der Waals surface area contributed by atoms with Gasteiger partial charge in [0.15, 0.2) is 5.11 Å². The third kappa shape index (κ3) is 6.07. The van der Waals surface area contributed by atoms with Crippen LogP contribution < -0.4 is 15.5 Å². The molecule has 0 bridgehead atoms. The van der Waals surface area contributed by atoms with Gasteiger partial charge in [0.05, 0.1) is 26.0 Å². The highest BCUT2D eigenvalue weighted by Crippen LogP contribution is 2.13. The average Bonchev–Trinajstić information content (AvgIpc) is 2.63. The number of rotatable bonds is 7. The molecule has 1 fully saturated rings. The summed E-state index contributed by atoms with van der Waals surface area (Å²) in [6, 6.07) is 7.86. The molecule has 0 aromatic heterocycles. The molecule has 1 aromatic carbocycles. The van der Waals surface area contributed by atoms with E-state index in [2.05, 4.69) is 27.7 Å². The summed E-state index contributed by atoms with van der Waals surface area (Å²) in [5, 5.41) is 8.16. The Bertz CT molecular complexity index is 542. The number of benzene rings is 1. The zero-order chi connectivity index (χ0) is 17.2. The fraction of sp³-hybridized carbons (Fsp3) is 0.529. The van der Waals surface area contributed by atoms with Crippen LogP contribution in [-0.4, -0.2) is 62.2 Å². The van der Waals surface area contributed by atoms with E-state index >= 15 is 0 Å². The largest absolute Gasteiger partial charge is 0.497 e. The fourth-order valence-corrected chi connectivity index (χ4v) is 2.59. The molecular weight excluding hydrogens is 324 g/mol. The second-order valence-electron chi connectivity index (χ2n) is 5.46. The van der Waals surface area contributed by atoms with E-state index < -0.39 is 0 Å². The molecule has 0 unspecified atom stereocenters. The molecule has 2 N–H and O–H groups in total. The van der Waals surface area contributed by atoms with E-state index in [1.807, 2.05) is 24.3 Å². The van der Waals surface area contributed by atoms with E-state index in [4.69, 9.17) is 21.7 Å². The summed E-state index contributed by atoms with van der Waals surface area (Å²) in [5.74, 6) is 0.836. The third-order valence-electron chi connectivity index (χ3n) is 3.87. The van der Waals surface area contributed by atoms with Crippen molar-refractivity contribution in [2.45, 2.75) is 13.3 Å². The molecule has 24 heavy (non-hydrogen) atoms.